The van der Waals surface area contributed by atoms with Gasteiger partial charge in [-0.2, -0.15) is 0 Å². The average Bonchev–Trinajstić information content (AvgIpc) is 2.20. The van der Waals surface area contributed by atoms with Crippen LogP contribution in [-0.2, 0) is 0 Å². The number of nitrogens with zero attached hydrogens (tertiary/aromatic N) is 1. The van der Waals surface area contributed by atoms with Crippen LogP contribution >= 0.6 is 0 Å². The molecule has 0 saturated heterocycles. The van der Waals surface area contributed by atoms with Gasteiger partial charge in [-0.3, -0.25) is 0 Å². The largest absolute Gasteiger partial charge is 0.395 e. The molecule has 0 bridgehead atoms. The molecule has 0 aliphatic heterocycles. The highest BCUT2D eigenvalue weighted by molar-refractivity contribution is 4.69. The van der Waals surface area contributed by atoms with Crippen LogP contribution in [0.15, 0.2) is 0 Å². The molecule has 0 fully saturated rings. The Bertz CT molecular complexity index is 140. The number of hydrogen-bond acceptors (Lipinski definition) is 3. The van der Waals surface area contributed by atoms with E-state index in [-0.39, 0.29) is 12.6 Å². The predicted octanol–water partition coefficient (Wildman–Crippen LogP) is 1.47. The van der Waals surface area contributed by atoms with Gasteiger partial charge in [0.05, 0.1) is 6.61 Å². The van der Waals surface area contributed by atoms with Crippen molar-refractivity contribution in [3.05, 3.63) is 0 Å². The fraction of sp³-hybridized carbons (Fsp3) is 1.00. The maximum Gasteiger partial charge on any atom is 0.0585 e. The van der Waals surface area contributed by atoms with E-state index < -0.39 is 0 Å². The molecule has 0 saturated carbocycles. The third kappa shape index (κ3) is 8.85. The van der Waals surface area contributed by atoms with Crippen molar-refractivity contribution >= 4 is 0 Å². The molecular weight excluding hydrogens is 188 g/mol. The van der Waals surface area contributed by atoms with Gasteiger partial charge in [-0.15, -0.1) is 0 Å². The van der Waals surface area contributed by atoms with Gasteiger partial charge in [-0.25, -0.2) is 0 Å². The van der Waals surface area contributed by atoms with E-state index in [1.54, 1.807) is 0 Å². The summed E-state index contributed by atoms with van der Waals surface area (Å²) in [4.78, 5) is 2.34. The third-order valence-corrected chi connectivity index (χ3v) is 2.54. The Morgan fingerprint density at radius 2 is 1.93 bits per heavy atom. The quantitative estimate of drug-likeness (QED) is 0.612. The van der Waals surface area contributed by atoms with E-state index in [1.165, 1.54) is 12.8 Å². The summed E-state index contributed by atoms with van der Waals surface area (Å²) in [6.45, 7) is 8.90. The van der Waals surface area contributed by atoms with Gasteiger partial charge in [0.15, 0.2) is 0 Å². The summed E-state index contributed by atoms with van der Waals surface area (Å²) in [5.74, 6) is 0. The number of unbranched alkanes of at least 4 members (excludes halogenated alkanes) is 1. The van der Waals surface area contributed by atoms with E-state index in [1.807, 2.05) is 0 Å². The van der Waals surface area contributed by atoms with Crippen molar-refractivity contribution in [1.82, 2.24) is 10.2 Å². The molecule has 3 nitrogen and oxygen atoms in total. The van der Waals surface area contributed by atoms with Gasteiger partial charge in [0, 0.05) is 12.1 Å². The second kappa shape index (κ2) is 9.13. The van der Waals surface area contributed by atoms with Crippen molar-refractivity contribution < 1.29 is 5.11 Å². The zero-order valence-electron chi connectivity index (χ0n) is 10.8. The Kier molecular flexibility index (Phi) is 9.06. The van der Waals surface area contributed by atoms with Crippen LogP contribution in [0, 0.1) is 0 Å². The fourth-order valence-corrected chi connectivity index (χ4v) is 1.61. The van der Waals surface area contributed by atoms with Crippen molar-refractivity contribution in [2.75, 3.05) is 26.7 Å². The lowest BCUT2D eigenvalue weighted by atomic mass is 10.2. The van der Waals surface area contributed by atoms with Gasteiger partial charge in [0.2, 0.25) is 0 Å². The number of aliphatic hydroxyl groups is 1. The molecule has 0 rings (SSSR count). The fourth-order valence-electron chi connectivity index (χ4n) is 1.61. The maximum atomic E-state index is 9.18. The van der Waals surface area contributed by atoms with Crippen molar-refractivity contribution in [1.29, 1.82) is 0 Å². The standard InChI is InChI=1S/C12H28N2O/c1-5-6-8-14(4)9-7-12(10-15)13-11(2)3/h11-13,15H,5-10H2,1-4H3. The molecule has 0 aliphatic carbocycles. The number of aliphatic hydroxyl groups excluding tert-OH is 1. The minimum Gasteiger partial charge on any atom is -0.395 e. The lowest BCUT2D eigenvalue weighted by molar-refractivity contribution is 0.210. The molecule has 15 heavy (non-hydrogen) atoms. The van der Waals surface area contributed by atoms with Gasteiger partial charge in [-0.1, -0.05) is 27.2 Å². The molecule has 92 valence electrons. The molecule has 0 aliphatic rings. The van der Waals surface area contributed by atoms with Crippen LogP contribution in [-0.4, -0.2) is 48.8 Å². The number of rotatable bonds is 9. The molecule has 0 amide bonds. The van der Waals surface area contributed by atoms with Gasteiger partial charge in [0.25, 0.3) is 0 Å². The highest BCUT2D eigenvalue weighted by Crippen LogP contribution is 1.98. The molecule has 0 aromatic heterocycles. The summed E-state index contributed by atoms with van der Waals surface area (Å²) in [5, 5.41) is 12.5. The lowest BCUT2D eigenvalue weighted by Crippen LogP contribution is -2.39. The SMILES string of the molecule is CCCCN(C)CCC(CO)NC(C)C. The first-order chi connectivity index (χ1) is 7.10. The molecule has 3 heteroatoms. The smallest absolute Gasteiger partial charge is 0.0585 e. The highest BCUT2D eigenvalue weighted by Gasteiger charge is 2.09. The molecule has 0 aromatic rings. The Morgan fingerprint density at radius 3 is 2.40 bits per heavy atom. The first kappa shape index (κ1) is 14.9. The summed E-state index contributed by atoms with van der Waals surface area (Å²) in [5.41, 5.74) is 0. The topological polar surface area (TPSA) is 35.5 Å². The van der Waals surface area contributed by atoms with Crippen LogP contribution in [0.1, 0.15) is 40.0 Å². The highest BCUT2D eigenvalue weighted by atomic mass is 16.3. The summed E-state index contributed by atoms with van der Waals surface area (Å²) in [6.07, 6.45) is 3.53. The minimum atomic E-state index is 0.236. The summed E-state index contributed by atoms with van der Waals surface area (Å²) >= 11 is 0. The van der Waals surface area contributed by atoms with Crippen LogP contribution in [0.4, 0.5) is 0 Å². The minimum absolute atomic E-state index is 0.236. The lowest BCUT2D eigenvalue weighted by Gasteiger charge is -2.22. The zero-order chi connectivity index (χ0) is 11.7. The number of nitrogens with one attached hydrogen (secondary N) is 1. The Balaban J connectivity index is 3.60. The van der Waals surface area contributed by atoms with E-state index in [4.69, 9.17) is 0 Å². The Morgan fingerprint density at radius 1 is 1.27 bits per heavy atom. The molecule has 0 heterocycles. The molecule has 0 spiro atoms. The van der Waals surface area contributed by atoms with Crippen molar-refractivity contribution in [2.24, 2.45) is 0 Å². The van der Waals surface area contributed by atoms with Crippen LogP contribution in [0.25, 0.3) is 0 Å². The average molecular weight is 216 g/mol. The van der Waals surface area contributed by atoms with Crippen molar-refractivity contribution in [3.63, 3.8) is 0 Å². The van der Waals surface area contributed by atoms with Crippen molar-refractivity contribution in [2.45, 2.75) is 52.1 Å². The molecule has 1 atom stereocenters. The molecule has 1 unspecified atom stereocenters. The molecule has 0 aromatic carbocycles. The number of hydrogen-bond donors (Lipinski definition) is 2. The second-order valence-electron chi connectivity index (χ2n) is 4.65. The van der Waals surface area contributed by atoms with Gasteiger partial charge < -0.3 is 15.3 Å². The summed E-state index contributed by atoms with van der Waals surface area (Å²) in [6, 6.07) is 0.692. The van der Waals surface area contributed by atoms with E-state index in [2.05, 4.69) is 38.0 Å². The first-order valence-corrected chi connectivity index (χ1v) is 6.15. The second-order valence-corrected chi connectivity index (χ2v) is 4.65. The summed E-state index contributed by atoms with van der Waals surface area (Å²) < 4.78 is 0. The van der Waals surface area contributed by atoms with E-state index in [0.29, 0.717) is 6.04 Å². The maximum absolute atomic E-state index is 9.18. The first-order valence-electron chi connectivity index (χ1n) is 6.15. The molecule has 0 radical (unpaired) electrons. The third-order valence-electron chi connectivity index (χ3n) is 2.54. The normalized spacial score (nSPS) is 13.8. The molecule has 2 N–H and O–H groups in total. The predicted molar refractivity (Wildman–Crippen MR) is 66.2 cm³/mol. The van der Waals surface area contributed by atoms with Gasteiger partial charge >= 0.3 is 0 Å². The van der Waals surface area contributed by atoms with Crippen molar-refractivity contribution in [3.8, 4) is 0 Å². The Hall–Kier alpha value is -0.120. The zero-order valence-corrected chi connectivity index (χ0v) is 10.8. The van der Waals surface area contributed by atoms with Crippen LogP contribution in [0.2, 0.25) is 0 Å². The molecular formula is C12H28N2O. The van der Waals surface area contributed by atoms with E-state index >= 15 is 0 Å². The van der Waals surface area contributed by atoms with Crippen LogP contribution in [0.3, 0.4) is 0 Å². The Labute approximate surface area is 94.9 Å². The van der Waals surface area contributed by atoms with E-state index in [0.717, 1.165) is 19.5 Å². The summed E-state index contributed by atoms with van der Waals surface area (Å²) in [7, 11) is 2.15. The van der Waals surface area contributed by atoms with Crippen LogP contribution in [0.5, 0.6) is 0 Å². The van der Waals surface area contributed by atoms with Crippen LogP contribution < -0.4 is 5.32 Å². The monoisotopic (exact) mass is 216 g/mol. The van der Waals surface area contributed by atoms with Gasteiger partial charge in [0.1, 0.15) is 0 Å². The van der Waals surface area contributed by atoms with Gasteiger partial charge in [-0.05, 0) is 33.0 Å². The van der Waals surface area contributed by atoms with E-state index in [9.17, 15) is 5.11 Å².